The minimum Gasteiger partial charge on any atom is -0.352 e. The Kier molecular flexibility index (Phi) is 3.83. The lowest BCUT2D eigenvalue weighted by Crippen LogP contribution is -2.43. The smallest absolute Gasteiger partial charge is 0.252 e. The predicted octanol–water partition coefficient (Wildman–Crippen LogP) is 3.03. The van der Waals surface area contributed by atoms with Crippen LogP contribution >= 0.6 is 11.6 Å². The van der Waals surface area contributed by atoms with Gasteiger partial charge in [-0.25, -0.2) is 0 Å². The van der Waals surface area contributed by atoms with E-state index in [-0.39, 0.29) is 5.91 Å². The van der Waals surface area contributed by atoms with Crippen molar-refractivity contribution < 1.29 is 4.79 Å². The van der Waals surface area contributed by atoms with E-state index in [1.165, 1.54) is 12.8 Å². The summed E-state index contributed by atoms with van der Waals surface area (Å²) in [5, 5.41) is 4.73. The third-order valence-corrected chi connectivity index (χ3v) is 5.64. The Balaban J connectivity index is 2.26. The van der Waals surface area contributed by atoms with Gasteiger partial charge in [0.15, 0.2) is 0 Å². The minimum absolute atomic E-state index is 0.00933. The zero-order valence-corrected chi connectivity index (χ0v) is 13.0. The molecule has 2 rings (SSSR count). The highest BCUT2D eigenvalue weighted by Gasteiger charge is 2.27. The number of carbonyl (C=O) groups is 1. The quantitative estimate of drug-likeness (QED) is 0.845. The molecule has 0 unspecified atom stereocenters. The molecule has 0 atom stereocenters. The first kappa shape index (κ1) is 13.6. The molecule has 0 radical (unpaired) electrons. The maximum atomic E-state index is 12.3. The molecule has 1 fully saturated rings. The molecule has 18 heavy (non-hydrogen) atoms. The summed E-state index contributed by atoms with van der Waals surface area (Å²) in [6.07, 6.45) is 2.48. The molecular weight excluding hydrogens is 262 g/mol. The first-order valence-corrected chi connectivity index (χ1v) is 10.3. The van der Waals surface area contributed by atoms with Crippen LogP contribution in [0.1, 0.15) is 23.2 Å². The van der Waals surface area contributed by atoms with Crippen LogP contribution in [0, 0.1) is 5.92 Å². The number of carbonyl (C=O) groups excluding carboxylic acids is 1. The Hall–Kier alpha value is -0.803. The molecule has 1 aliphatic rings. The topological polar surface area (TPSA) is 29.1 Å². The molecule has 0 heterocycles. The summed E-state index contributed by atoms with van der Waals surface area (Å²) < 4.78 is 0. The number of nitrogens with one attached hydrogen (secondary N) is 1. The summed E-state index contributed by atoms with van der Waals surface area (Å²) in [6.45, 7) is 7.48. The third-order valence-electron chi connectivity index (χ3n) is 3.30. The van der Waals surface area contributed by atoms with Gasteiger partial charge in [-0.05, 0) is 30.0 Å². The molecule has 2 nitrogen and oxygen atoms in total. The van der Waals surface area contributed by atoms with E-state index in [0.29, 0.717) is 16.5 Å². The maximum Gasteiger partial charge on any atom is 0.252 e. The summed E-state index contributed by atoms with van der Waals surface area (Å²) in [5.74, 6) is 0.677. The molecule has 1 N–H and O–H groups in total. The van der Waals surface area contributed by atoms with Gasteiger partial charge < -0.3 is 5.32 Å². The molecule has 1 aromatic carbocycles. The molecule has 98 valence electrons. The van der Waals surface area contributed by atoms with Gasteiger partial charge in [-0.2, -0.15) is 0 Å². The van der Waals surface area contributed by atoms with Crippen LogP contribution in [0.3, 0.4) is 0 Å². The highest BCUT2D eigenvalue weighted by molar-refractivity contribution is 6.89. The van der Waals surface area contributed by atoms with Gasteiger partial charge in [-0.3, -0.25) is 4.79 Å². The monoisotopic (exact) mass is 281 g/mol. The van der Waals surface area contributed by atoms with Crippen molar-refractivity contribution in [2.45, 2.75) is 32.5 Å². The maximum absolute atomic E-state index is 12.3. The predicted molar refractivity (Wildman–Crippen MR) is 79.5 cm³/mol. The number of amides is 1. The molecule has 1 amide bonds. The second kappa shape index (κ2) is 5.06. The summed E-state index contributed by atoms with van der Waals surface area (Å²) in [4.78, 5) is 12.3. The Morgan fingerprint density at radius 1 is 1.39 bits per heavy atom. The lowest BCUT2D eigenvalue weighted by Gasteiger charge is -2.21. The third kappa shape index (κ3) is 3.15. The van der Waals surface area contributed by atoms with E-state index in [4.69, 9.17) is 11.6 Å². The van der Waals surface area contributed by atoms with Crippen molar-refractivity contribution in [1.82, 2.24) is 5.32 Å². The van der Waals surface area contributed by atoms with Crippen molar-refractivity contribution >= 4 is 30.8 Å². The summed E-state index contributed by atoms with van der Waals surface area (Å²) in [5.41, 5.74) is 0.694. The molecule has 1 aliphatic carbocycles. The molecular formula is C14H20ClNOSi. The van der Waals surface area contributed by atoms with Crippen molar-refractivity contribution in [2.24, 2.45) is 5.92 Å². The second-order valence-electron chi connectivity index (χ2n) is 6.07. The number of benzene rings is 1. The fourth-order valence-electron chi connectivity index (χ4n) is 2.03. The van der Waals surface area contributed by atoms with Crippen LogP contribution in [0.2, 0.25) is 24.7 Å². The average molecular weight is 282 g/mol. The standard InChI is InChI=1S/C14H20ClNOSi/c1-18(2,3)12-6-4-5-11(15)13(12)14(17)16-9-10-7-8-10/h4-6,10H,7-9H2,1-3H3,(H,16,17). The van der Waals surface area contributed by atoms with Crippen molar-refractivity contribution in [3.63, 3.8) is 0 Å². The van der Waals surface area contributed by atoms with Gasteiger partial charge in [0.1, 0.15) is 0 Å². The van der Waals surface area contributed by atoms with Crippen molar-refractivity contribution in [1.29, 1.82) is 0 Å². The first-order valence-electron chi connectivity index (χ1n) is 6.47. The lowest BCUT2D eigenvalue weighted by atomic mass is 10.2. The van der Waals surface area contributed by atoms with Gasteiger partial charge in [0.05, 0.1) is 18.7 Å². The summed E-state index contributed by atoms with van der Waals surface area (Å²) >= 11 is 6.22. The molecule has 0 aliphatic heterocycles. The minimum atomic E-state index is -1.56. The van der Waals surface area contributed by atoms with Gasteiger partial charge in [0, 0.05) is 6.54 Å². The fraction of sp³-hybridized carbons (Fsp3) is 0.500. The van der Waals surface area contributed by atoms with Gasteiger partial charge in [0.25, 0.3) is 5.91 Å². The number of hydrogen-bond acceptors (Lipinski definition) is 1. The van der Waals surface area contributed by atoms with Gasteiger partial charge in [-0.1, -0.05) is 43.4 Å². The zero-order valence-electron chi connectivity index (χ0n) is 11.2. The number of halogens is 1. The molecule has 1 saturated carbocycles. The van der Waals surface area contributed by atoms with E-state index >= 15 is 0 Å². The largest absolute Gasteiger partial charge is 0.352 e. The molecule has 0 bridgehead atoms. The van der Waals surface area contributed by atoms with Crippen LogP contribution in [0.25, 0.3) is 0 Å². The van der Waals surface area contributed by atoms with Crippen LogP contribution < -0.4 is 10.5 Å². The van der Waals surface area contributed by atoms with E-state index in [1.54, 1.807) is 6.07 Å². The second-order valence-corrected chi connectivity index (χ2v) is 11.5. The Bertz CT molecular complexity index is 463. The zero-order chi connectivity index (χ0) is 13.3. The SMILES string of the molecule is C[Si](C)(C)c1cccc(Cl)c1C(=O)NCC1CC1. The Morgan fingerprint density at radius 2 is 2.06 bits per heavy atom. The first-order chi connectivity index (χ1) is 8.39. The van der Waals surface area contributed by atoms with E-state index in [0.717, 1.165) is 11.7 Å². The van der Waals surface area contributed by atoms with Gasteiger partial charge in [-0.15, -0.1) is 0 Å². The van der Waals surface area contributed by atoms with E-state index in [2.05, 4.69) is 25.0 Å². The highest BCUT2D eigenvalue weighted by Crippen LogP contribution is 2.27. The number of rotatable bonds is 4. The van der Waals surface area contributed by atoms with E-state index in [1.807, 2.05) is 12.1 Å². The van der Waals surface area contributed by atoms with Gasteiger partial charge >= 0.3 is 0 Å². The van der Waals surface area contributed by atoms with Gasteiger partial charge in [0.2, 0.25) is 0 Å². The molecule has 0 spiro atoms. The van der Waals surface area contributed by atoms with E-state index < -0.39 is 8.07 Å². The summed E-state index contributed by atoms with van der Waals surface area (Å²) in [7, 11) is -1.56. The number of hydrogen-bond donors (Lipinski definition) is 1. The van der Waals surface area contributed by atoms with Crippen LogP contribution in [-0.4, -0.2) is 20.5 Å². The molecule has 0 aromatic heterocycles. The summed E-state index contributed by atoms with van der Waals surface area (Å²) in [6, 6.07) is 5.79. The highest BCUT2D eigenvalue weighted by atomic mass is 35.5. The molecule has 1 aromatic rings. The van der Waals surface area contributed by atoms with Crippen LogP contribution in [0.15, 0.2) is 18.2 Å². The van der Waals surface area contributed by atoms with Crippen molar-refractivity contribution in [2.75, 3.05) is 6.54 Å². The lowest BCUT2D eigenvalue weighted by molar-refractivity contribution is 0.0953. The van der Waals surface area contributed by atoms with Crippen LogP contribution in [-0.2, 0) is 0 Å². The fourth-order valence-corrected chi connectivity index (χ4v) is 3.96. The normalized spacial score (nSPS) is 15.6. The van der Waals surface area contributed by atoms with Crippen molar-refractivity contribution in [3.8, 4) is 0 Å². The Labute approximate surface area is 115 Å². The van der Waals surface area contributed by atoms with Crippen LogP contribution in [0.4, 0.5) is 0 Å². The average Bonchev–Trinajstić information content (AvgIpc) is 3.08. The van der Waals surface area contributed by atoms with Crippen molar-refractivity contribution in [3.05, 3.63) is 28.8 Å². The Morgan fingerprint density at radius 3 is 2.61 bits per heavy atom. The molecule has 0 saturated heterocycles. The van der Waals surface area contributed by atoms with Crippen LogP contribution in [0.5, 0.6) is 0 Å². The molecule has 4 heteroatoms. The van der Waals surface area contributed by atoms with E-state index in [9.17, 15) is 4.79 Å².